The number of benzene rings is 1. The number of rotatable bonds is 6. The van der Waals surface area contributed by atoms with Crippen molar-refractivity contribution >= 4 is 46.9 Å². The van der Waals surface area contributed by atoms with Crippen LogP contribution in [0.15, 0.2) is 39.2 Å². The summed E-state index contributed by atoms with van der Waals surface area (Å²) in [6.45, 7) is 2.47. The number of aliphatic hydroxyl groups excluding tert-OH is 2. The number of ketones is 1. The fraction of sp³-hybridized carbons (Fsp3) is 0.524. The van der Waals surface area contributed by atoms with Gasteiger partial charge < -0.3 is 20.4 Å². The second-order valence-corrected chi connectivity index (χ2v) is 9.18. The Hall–Kier alpha value is -1.85. The van der Waals surface area contributed by atoms with Gasteiger partial charge in [-0.25, -0.2) is 4.99 Å². The second kappa shape index (κ2) is 9.11. The van der Waals surface area contributed by atoms with Gasteiger partial charge in [0.05, 0.1) is 31.4 Å². The Kier molecular flexibility index (Phi) is 6.49. The molecule has 2 aliphatic heterocycles. The molecule has 9 heteroatoms. The number of nitrogens with zero attached hydrogens (tertiary/aromatic N) is 4. The fourth-order valence-electron chi connectivity index (χ4n) is 4.38. The van der Waals surface area contributed by atoms with Crippen molar-refractivity contribution in [1.29, 1.82) is 0 Å². The Morgan fingerprint density at radius 2 is 2.17 bits per heavy atom. The van der Waals surface area contributed by atoms with Crippen molar-refractivity contribution in [2.45, 2.75) is 63.2 Å². The van der Waals surface area contributed by atoms with Crippen LogP contribution in [0.5, 0.6) is 0 Å². The number of aliphatic hydroxyl groups is 2. The molecule has 1 saturated carbocycles. The van der Waals surface area contributed by atoms with E-state index in [1.54, 1.807) is 12.7 Å². The monoisotopic (exact) mass is 523 g/mol. The normalized spacial score (nSPS) is 33.7. The number of hydrogen-bond donors (Lipinski definition) is 3. The van der Waals surface area contributed by atoms with E-state index in [0.717, 1.165) is 21.4 Å². The fourth-order valence-corrected chi connectivity index (χ4v) is 4.99. The van der Waals surface area contributed by atoms with Crippen molar-refractivity contribution in [3.05, 3.63) is 33.4 Å². The van der Waals surface area contributed by atoms with E-state index in [9.17, 15) is 15.0 Å². The summed E-state index contributed by atoms with van der Waals surface area (Å²) < 4.78 is 1.16. The summed E-state index contributed by atoms with van der Waals surface area (Å²) >= 11 is 2.28. The number of halogens is 1. The topological polar surface area (TPSA) is 110 Å². The minimum absolute atomic E-state index is 0.00722. The molecule has 2 unspecified atom stereocenters. The van der Waals surface area contributed by atoms with E-state index < -0.39 is 24.2 Å². The van der Waals surface area contributed by atoms with Gasteiger partial charge in [-0.2, -0.15) is 0 Å². The van der Waals surface area contributed by atoms with E-state index >= 15 is 0 Å². The molecule has 1 aromatic rings. The van der Waals surface area contributed by atoms with Crippen molar-refractivity contribution < 1.29 is 15.0 Å². The Morgan fingerprint density at radius 3 is 2.93 bits per heavy atom. The standard InChI is InChI=1S/C21H26IN5O3/c1-2-4-16(28)14-8-15(19(30)18(14)29)27-11-26-17-20(24-10-25-21(17)27)23-9-12-5-3-6-13(22)7-12/h3,5-7,10-11,14-15,17-19,21,29-30H,2,4,8-9H2,1H3,(H,23,24,25)/t14-,15-,17?,18-,19+,21?/m1/s1. The number of hydrogen-bond acceptors (Lipinski definition) is 7. The molecule has 3 aliphatic rings. The molecule has 4 rings (SSSR count). The number of carbonyl (C=O) groups is 1. The van der Waals surface area contributed by atoms with E-state index in [-0.39, 0.29) is 18.0 Å². The highest BCUT2D eigenvalue weighted by Crippen LogP contribution is 2.35. The Labute approximate surface area is 189 Å². The van der Waals surface area contributed by atoms with Crippen LogP contribution in [-0.2, 0) is 11.3 Å². The largest absolute Gasteiger partial charge is 0.390 e. The summed E-state index contributed by atoms with van der Waals surface area (Å²) in [7, 11) is 0. The predicted molar refractivity (Wildman–Crippen MR) is 124 cm³/mol. The minimum Gasteiger partial charge on any atom is -0.390 e. The molecule has 3 N–H and O–H groups in total. The summed E-state index contributed by atoms with van der Waals surface area (Å²) in [5.41, 5.74) is 1.11. The maximum atomic E-state index is 12.4. The SMILES string of the molecule is CCCC(=O)[C@H]1C[C@@H](N2C=NC3C(=NCc4cccc(I)c4)NC=NC32)[C@H](O)[C@@H]1O. The molecule has 2 heterocycles. The maximum absolute atomic E-state index is 12.4. The number of aliphatic imine (C=N–C) groups is 3. The molecule has 0 aromatic heterocycles. The summed E-state index contributed by atoms with van der Waals surface area (Å²) in [6, 6.07) is 7.47. The number of amidine groups is 1. The zero-order valence-electron chi connectivity index (χ0n) is 16.7. The van der Waals surface area contributed by atoms with Crippen LogP contribution in [0.4, 0.5) is 0 Å². The Bertz CT molecular complexity index is 889. The first-order valence-corrected chi connectivity index (χ1v) is 11.3. The van der Waals surface area contributed by atoms with Crippen LogP contribution in [0.2, 0.25) is 0 Å². The molecule has 0 bridgehead atoms. The molecule has 8 nitrogen and oxygen atoms in total. The number of fused-ring (bicyclic) bond motifs is 1. The molecule has 1 fully saturated rings. The molecule has 0 radical (unpaired) electrons. The molecule has 6 atom stereocenters. The lowest BCUT2D eigenvalue weighted by atomic mass is 9.96. The van der Waals surface area contributed by atoms with Crippen molar-refractivity contribution in [3.63, 3.8) is 0 Å². The molecular weight excluding hydrogens is 497 g/mol. The van der Waals surface area contributed by atoms with Gasteiger partial charge in [0.25, 0.3) is 0 Å². The van der Waals surface area contributed by atoms with Crippen LogP contribution in [0.1, 0.15) is 31.7 Å². The third-order valence-corrected chi connectivity index (χ3v) is 6.61. The predicted octanol–water partition coefficient (Wildman–Crippen LogP) is 1.34. The van der Waals surface area contributed by atoms with Gasteiger partial charge in [-0.15, -0.1) is 0 Å². The van der Waals surface area contributed by atoms with Gasteiger partial charge >= 0.3 is 0 Å². The zero-order valence-corrected chi connectivity index (χ0v) is 18.9. The van der Waals surface area contributed by atoms with Crippen LogP contribution in [0, 0.1) is 9.49 Å². The lowest BCUT2D eigenvalue weighted by Crippen LogP contribution is -2.53. The quantitative estimate of drug-likeness (QED) is 0.488. The number of nitrogens with one attached hydrogen (secondary N) is 1. The molecule has 30 heavy (non-hydrogen) atoms. The highest BCUT2D eigenvalue weighted by Gasteiger charge is 2.50. The van der Waals surface area contributed by atoms with E-state index in [1.807, 2.05) is 30.0 Å². The van der Waals surface area contributed by atoms with Gasteiger partial charge in [-0.3, -0.25) is 14.8 Å². The highest BCUT2D eigenvalue weighted by molar-refractivity contribution is 14.1. The smallest absolute Gasteiger partial charge is 0.153 e. The molecule has 1 aromatic carbocycles. The van der Waals surface area contributed by atoms with Crippen LogP contribution in [-0.4, -0.2) is 69.9 Å². The van der Waals surface area contributed by atoms with Gasteiger partial charge in [0.1, 0.15) is 23.8 Å². The average Bonchev–Trinajstić information content (AvgIpc) is 3.28. The number of carbonyl (C=O) groups excluding carboxylic acids is 1. The molecule has 0 spiro atoms. The van der Waals surface area contributed by atoms with Crippen LogP contribution in [0.3, 0.4) is 0 Å². The number of Topliss-reactive ketones (excluding diaryl/α,β-unsaturated/α-hetero) is 1. The third-order valence-electron chi connectivity index (χ3n) is 5.93. The lowest BCUT2D eigenvalue weighted by Gasteiger charge is -2.33. The summed E-state index contributed by atoms with van der Waals surface area (Å²) in [5.74, 6) is 0.184. The second-order valence-electron chi connectivity index (χ2n) is 7.93. The Balaban J connectivity index is 1.48. The van der Waals surface area contributed by atoms with Gasteiger partial charge in [-0.05, 0) is 53.1 Å². The highest BCUT2D eigenvalue weighted by atomic mass is 127. The van der Waals surface area contributed by atoms with Gasteiger partial charge in [-0.1, -0.05) is 19.1 Å². The third kappa shape index (κ3) is 4.15. The first-order chi connectivity index (χ1) is 14.5. The minimum atomic E-state index is -1.05. The molecule has 0 amide bonds. The maximum Gasteiger partial charge on any atom is 0.153 e. The molecule has 160 valence electrons. The van der Waals surface area contributed by atoms with Crippen LogP contribution < -0.4 is 5.32 Å². The van der Waals surface area contributed by atoms with Crippen LogP contribution >= 0.6 is 22.6 Å². The first kappa shape index (κ1) is 21.4. The van der Waals surface area contributed by atoms with E-state index in [2.05, 4.69) is 44.0 Å². The molecule has 1 aliphatic carbocycles. The average molecular weight is 523 g/mol. The Morgan fingerprint density at radius 1 is 1.33 bits per heavy atom. The van der Waals surface area contributed by atoms with E-state index in [0.29, 0.717) is 19.4 Å². The van der Waals surface area contributed by atoms with Crippen molar-refractivity contribution in [2.24, 2.45) is 20.9 Å². The summed E-state index contributed by atoms with van der Waals surface area (Å²) in [4.78, 5) is 28.0. The first-order valence-electron chi connectivity index (χ1n) is 10.3. The summed E-state index contributed by atoms with van der Waals surface area (Å²) in [6.07, 6.45) is 2.41. The molecular formula is C21H26IN5O3. The van der Waals surface area contributed by atoms with Crippen LogP contribution in [0.25, 0.3) is 0 Å². The van der Waals surface area contributed by atoms with E-state index in [4.69, 9.17) is 4.99 Å². The van der Waals surface area contributed by atoms with E-state index in [1.165, 1.54) is 0 Å². The van der Waals surface area contributed by atoms with Crippen molar-refractivity contribution in [2.75, 3.05) is 0 Å². The van der Waals surface area contributed by atoms with Gasteiger partial charge in [0, 0.05) is 15.9 Å². The lowest BCUT2D eigenvalue weighted by molar-refractivity contribution is -0.126. The zero-order chi connectivity index (χ0) is 21.3. The van der Waals surface area contributed by atoms with Gasteiger partial charge in [0.15, 0.2) is 6.17 Å². The molecule has 0 saturated heterocycles. The summed E-state index contributed by atoms with van der Waals surface area (Å²) in [5, 5.41) is 24.2. The van der Waals surface area contributed by atoms with Crippen molar-refractivity contribution in [3.8, 4) is 0 Å². The van der Waals surface area contributed by atoms with Gasteiger partial charge in [0.2, 0.25) is 0 Å². The van der Waals surface area contributed by atoms with Crippen molar-refractivity contribution in [1.82, 2.24) is 10.2 Å².